The highest BCUT2D eigenvalue weighted by atomic mass is 32.2. The zero-order chi connectivity index (χ0) is 22.2. The second kappa shape index (κ2) is 8.51. The number of allylic oxidation sites excluding steroid dienone is 3. The van der Waals surface area contributed by atoms with E-state index in [-0.39, 0.29) is 17.7 Å². The number of aryl methyl sites for hydroxylation is 1. The Morgan fingerprint density at radius 3 is 2.72 bits per heavy atom. The summed E-state index contributed by atoms with van der Waals surface area (Å²) in [5.41, 5.74) is 5.21. The number of piperazine rings is 1. The van der Waals surface area contributed by atoms with Gasteiger partial charge in [-0.2, -0.15) is 0 Å². The normalized spacial score (nSPS) is 20.1. The molecule has 0 bridgehead atoms. The summed E-state index contributed by atoms with van der Waals surface area (Å²) >= 11 is 1.62. The van der Waals surface area contributed by atoms with Crippen LogP contribution in [-0.4, -0.2) is 42.9 Å². The van der Waals surface area contributed by atoms with Crippen LogP contribution in [0.15, 0.2) is 64.4 Å². The number of hydrogen-bond acceptors (Lipinski definition) is 4. The molecule has 1 unspecified atom stereocenters. The average molecular weight is 446 g/mol. The van der Waals surface area contributed by atoms with Gasteiger partial charge in [0.05, 0.1) is 11.6 Å². The van der Waals surface area contributed by atoms with Crippen molar-refractivity contribution in [3.8, 4) is 0 Å². The van der Waals surface area contributed by atoms with Crippen molar-refractivity contribution < 1.29 is 9.59 Å². The third kappa shape index (κ3) is 3.84. The van der Waals surface area contributed by atoms with Crippen LogP contribution in [0.5, 0.6) is 0 Å². The highest BCUT2D eigenvalue weighted by Crippen LogP contribution is 2.43. The topological polar surface area (TPSA) is 52.6 Å². The van der Waals surface area contributed by atoms with Crippen molar-refractivity contribution >= 4 is 35.0 Å². The van der Waals surface area contributed by atoms with E-state index in [9.17, 15) is 9.59 Å². The van der Waals surface area contributed by atoms with E-state index in [4.69, 9.17) is 0 Å². The molecule has 0 saturated carbocycles. The van der Waals surface area contributed by atoms with E-state index >= 15 is 0 Å². The van der Waals surface area contributed by atoms with E-state index in [0.717, 1.165) is 35.0 Å². The van der Waals surface area contributed by atoms with Crippen molar-refractivity contribution in [3.05, 3.63) is 76.2 Å². The second-order valence-corrected chi connectivity index (χ2v) is 9.70. The monoisotopic (exact) mass is 445 g/mol. The molecular formula is C26H27N3O2S. The van der Waals surface area contributed by atoms with Gasteiger partial charge < -0.3 is 15.1 Å². The maximum Gasteiger partial charge on any atom is 0.254 e. The smallest absolute Gasteiger partial charge is 0.254 e. The number of nitrogens with one attached hydrogen (secondary N) is 1. The lowest BCUT2D eigenvalue weighted by Gasteiger charge is -2.37. The molecule has 1 fully saturated rings. The summed E-state index contributed by atoms with van der Waals surface area (Å²) in [5, 5.41) is 3.05. The first-order chi connectivity index (χ1) is 15.5. The van der Waals surface area contributed by atoms with Crippen molar-refractivity contribution in [2.75, 3.05) is 36.4 Å². The highest BCUT2D eigenvalue weighted by Gasteiger charge is 2.30. The van der Waals surface area contributed by atoms with Gasteiger partial charge in [-0.05, 0) is 55.7 Å². The predicted octanol–water partition coefficient (Wildman–Crippen LogP) is 4.77. The molecule has 1 N–H and O–H groups in total. The lowest BCUT2D eigenvalue weighted by Crippen LogP contribution is -2.49. The van der Waals surface area contributed by atoms with E-state index in [0.29, 0.717) is 18.7 Å². The summed E-state index contributed by atoms with van der Waals surface area (Å²) in [5.74, 6) is -0.122. The lowest BCUT2D eigenvalue weighted by atomic mass is 9.99. The van der Waals surface area contributed by atoms with Crippen molar-refractivity contribution in [2.24, 2.45) is 5.92 Å². The second-order valence-electron chi connectivity index (χ2n) is 8.59. The minimum absolute atomic E-state index is 0.00131. The van der Waals surface area contributed by atoms with Gasteiger partial charge in [-0.3, -0.25) is 9.59 Å². The molecule has 0 radical (unpaired) electrons. The van der Waals surface area contributed by atoms with Gasteiger partial charge >= 0.3 is 0 Å². The molecule has 3 aliphatic rings. The number of benzene rings is 2. The number of carbonyl (C=O) groups excluding carboxylic acids is 2. The number of amides is 2. The van der Waals surface area contributed by atoms with Gasteiger partial charge in [-0.25, -0.2) is 0 Å². The Bertz CT molecular complexity index is 1150. The van der Waals surface area contributed by atoms with Gasteiger partial charge in [0, 0.05) is 47.2 Å². The summed E-state index contributed by atoms with van der Waals surface area (Å²) in [6.45, 7) is 7.30. The molecule has 0 spiro atoms. The molecule has 6 heteroatoms. The van der Waals surface area contributed by atoms with Crippen molar-refractivity contribution in [2.45, 2.75) is 25.2 Å². The fourth-order valence-corrected chi connectivity index (χ4v) is 5.66. The largest absolute Gasteiger partial charge is 0.368 e. The van der Waals surface area contributed by atoms with E-state index in [1.165, 1.54) is 16.8 Å². The van der Waals surface area contributed by atoms with Crippen LogP contribution in [0.4, 0.5) is 11.4 Å². The van der Waals surface area contributed by atoms with Crippen LogP contribution < -0.4 is 10.2 Å². The molecule has 5 nitrogen and oxygen atoms in total. The van der Waals surface area contributed by atoms with Crippen LogP contribution in [0.1, 0.15) is 27.9 Å². The molecular weight excluding hydrogens is 418 g/mol. The summed E-state index contributed by atoms with van der Waals surface area (Å²) in [4.78, 5) is 32.3. The Morgan fingerprint density at radius 2 is 1.91 bits per heavy atom. The quantitative estimate of drug-likeness (QED) is 0.724. The SMILES string of the molecule is Cc1cccc(N2CCN(C(=O)c3ccc4c(c3)NC(=O)C3CC=CC=C3S4)CC2)c1C. The fourth-order valence-electron chi connectivity index (χ4n) is 4.56. The standard InChI is InChI=1S/C26H27N3O2S/c1-17-6-5-8-22(18(17)2)28-12-14-29(15-13-28)26(31)19-10-11-24-21(16-19)27-25(30)20-7-3-4-9-23(20)32-24/h3-6,8-11,16,20H,7,12-15H2,1-2H3,(H,27,30). The maximum atomic E-state index is 13.2. The Balaban J connectivity index is 1.30. The zero-order valence-electron chi connectivity index (χ0n) is 18.4. The summed E-state index contributed by atoms with van der Waals surface area (Å²) in [7, 11) is 0. The molecule has 1 saturated heterocycles. The summed E-state index contributed by atoms with van der Waals surface area (Å²) in [6.07, 6.45) is 6.77. The molecule has 1 aliphatic carbocycles. The van der Waals surface area contributed by atoms with Crippen LogP contribution in [0.3, 0.4) is 0 Å². The molecule has 2 amide bonds. The number of nitrogens with zero attached hydrogens (tertiary/aromatic N) is 2. The van der Waals surface area contributed by atoms with Crippen molar-refractivity contribution in [3.63, 3.8) is 0 Å². The highest BCUT2D eigenvalue weighted by molar-refractivity contribution is 8.03. The Morgan fingerprint density at radius 1 is 1.09 bits per heavy atom. The molecule has 2 heterocycles. The number of thioether (sulfide) groups is 1. The molecule has 164 valence electrons. The minimum atomic E-state index is -0.144. The van der Waals surface area contributed by atoms with Gasteiger partial charge in [0.25, 0.3) is 5.91 Å². The molecule has 2 aromatic carbocycles. The first-order valence-corrected chi connectivity index (χ1v) is 11.9. The zero-order valence-corrected chi connectivity index (χ0v) is 19.2. The Kier molecular flexibility index (Phi) is 5.55. The Hall–Kier alpha value is -2.99. The van der Waals surface area contributed by atoms with Crippen LogP contribution >= 0.6 is 11.8 Å². The number of carbonyl (C=O) groups is 2. The molecule has 5 rings (SSSR count). The third-order valence-electron chi connectivity index (χ3n) is 6.62. The maximum absolute atomic E-state index is 13.2. The lowest BCUT2D eigenvalue weighted by molar-refractivity contribution is -0.118. The first kappa shape index (κ1) is 20.9. The molecule has 2 aromatic rings. The number of hydrogen-bond donors (Lipinski definition) is 1. The first-order valence-electron chi connectivity index (χ1n) is 11.1. The average Bonchev–Trinajstić information content (AvgIpc) is 2.96. The molecule has 0 aromatic heterocycles. The minimum Gasteiger partial charge on any atom is -0.368 e. The molecule has 2 aliphatic heterocycles. The van der Waals surface area contributed by atoms with Crippen LogP contribution in [0, 0.1) is 19.8 Å². The number of rotatable bonds is 2. The predicted molar refractivity (Wildman–Crippen MR) is 130 cm³/mol. The van der Waals surface area contributed by atoms with E-state index in [1.807, 2.05) is 41.3 Å². The van der Waals surface area contributed by atoms with E-state index in [2.05, 4.69) is 42.3 Å². The third-order valence-corrected chi connectivity index (χ3v) is 7.86. The summed E-state index contributed by atoms with van der Waals surface area (Å²) in [6, 6.07) is 12.1. The van der Waals surface area contributed by atoms with E-state index in [1.54, 1.807) is 11.8 Å². The van der Waals surface area contributed by atoms with Gasteiger partial charge in [-0.1, -0.05) is 42.1 Å². The van der Waals surface area contributed by atoms with Gasteiger partial charge in [0.2, 0.25) is 5.91 Å². The van der Waals surface area contributed by atoms with Gasteiger partial charge in [0.15, 0.2) is 0 Å². The van der Waals surface area contributed by atoms with Crippen LogP contribution in [0.25, 0.3) is 0 Å². The van der Waals surface area contributed by atoms with Gasteiger partial charge in [-0.15, -0.1) is 0 Å². The van der Waals surface area contributed by atoms with Crippen LogP contribution in [-0.2, 0) is 4.79 Å². The van der Waals surface area contributed by atoms with Crippen molar-refractivity contribution in [1.82, 2.24) is 4.90 Å². The van der Waals surface area contributed by atoms with E-state index < -0.39 is 0 Å². The molecule has 32 heavy (non-hydrogen) atoms. The van der Waals surface area contributed by atoms with Gasteiger partial charge in [0.1, 0.15) is 0 Å². The molecule has 1 atom stereocenters. The number of anilines is 2. The van der Waals surface area contributed by atoms with Crippen molar-refractivity contribution in [1.29, 1.82) is 0 Å². The fraction of sp³-hybridized carbons (Fsp3) is 0.308. The number of fused-ring (bicyclic) bond motifs is 2. The summed E-state index contributed by atoms with van der Waals surface area (Å²) < 4.78 is 0. The Labute approximate surface area is 193 Å². The van der Waals surface area contributed by atoms with Crippen LogP contribution in [0.2, 0.25) is 0 Å².